The molecule has 0 spiro atoms. The summed E-state index contributed by atoms with van der Waals surface area (Å²) in [6.45, 7) is 6.76. The number of rotatable bonds is 3. The van der Waals surface area contributed by atoms with Gasteiger partial charge in [-0.25, -0.2) is 0 Å². The number of fused-ring (bicyclic) bond motifs is 3. The Kier molecular flexibility index (Phi) is 4.03. The van der Waals surface area contributed by atoms with E-state index in [2.05, 4.69) is 42.3 Å². The van der Waals surface area contributed by atoms with E-state index in [0.29, 0.717) is 18.0 Å². The smallest absolute Gasteiger partial charge is 0.261 e. The molecule has 3 aliphatic rings. The van der Waals surface area contributed by atoms with Gasteiger partial charge in [-0.3, -0.25) is 9.69 Å². The Hall–Kier alpha value is -1.17. The second-order valence-corrected chi connectivity index (χ2v) is 9.06. The van der Waals surface area contributed by atoms with Gasteiger partial charge in [0, 0.05) is 26.7 Å². The third-order valence-corrected chi connectivity index (χ3v) is 7.57. The Morgan fingerprint density at radius 3 is 2.48 bits per heavy atom. The minimum absolute atomic E-state index is 0.0973. The molecular formula is C18H22N2OS2. The van der Waals surface area contributed by atoms with Gasteiger partial charge in [0.1, 0.15) is 0 Å². The molecule has 1 N–H and O–H groups in total. The third-order valence-electron chi connectivity index (χ3n) is 5.29. The molecule has 0 aliphatic carbocycles. The van der Waals surface area contributed by atoms with Crippen molar-refractivity contribution in [2.75, 3.05) is 13.1 Å². The predicted octanol–water partition coefficient (Wildman–Crippen LogP) is 4.00. The first-order valence-electron chi connectivity index (χ1n) is 8.33. The van der Waals surface area contributed by atoms with Gasteiger partial charge in [-0.1, -0.05) is 0 Å². The van der Waals surface area contributed by atoms with Gasteiger partial charge < -0.3 is 5.32 Å². The molecule has 0 unspecified atom stereocenters. The van der Waals surface area contributed by atoms with E-state index in [1.54, 1.807) is 22.7 Å². The van der Waals surface area contributed by atoms with Crippen molar-refractivity contribution in [3.05, 3.63) is 34.0 Å². The highest BCUT2D eigenvalue weighted by Gasteiger charge is 2.40. The number of nitrogens with zero attached hydrogens (tertiary/aromatic N) is 1. The van der Waals surface area contributed by atoms with Crippen LogP contribution in [0.15, 0.2) is 24.3 Å². The highest BCUT2D eigenvalue weighted by molar-refractivity contribution is 7.23. The standard InChI is InChI=1S/C18H22N2OS2/c1-11-3-4-14(22-11)15-5-6-16(23-15)18(21)19-17-12(2)20-9-7-13(17)8-10-20/h3-6,12-13,17H,7-10H2,1-2H3,(H,19,21)/t12-,17+/m1/s1. The van der Waals surface area contributed by atoms with Crippen molar-refractivity contribution in [2.24, 2.45) is 5.92 Å². The third kappa shape index (κ3) is 2.86. The van der Waals surface area contributed by atoms with Crippen LogP contribution in [0.1, 0.15) is 34.3 Å². The number of nitrogens with one attached hydrogen (secondary N) is 1. The first-order valence-corrected chi connectivity index (χ1v) is 9.96. The van der Waals surface area contributed by atoms with Crippen LogP contribution in [-0.4, -0.2) is 36.0 Å². The van der Waals surface area contributed by atoms with Crippen LogP contribution in [0.4, 0.5) is 0 Å². The molecule has 1 amide bonds. The van der Waals surface area contributed by atoms with E-state index in [1.165, 1.54) is 40.6 Å². The van der Waals surface area contributed by atoms with Crippen LogP contribution >= 0.6 is 22.7 Å². The zero-order valence-corrected chi connectivity index (χ0v) is 15.2. The van der Waals surface area contributed by atoms with E-state index in [9.17, 15) is 4.79 Å². The van der Waals surface area contributed by atoms with Crippen LogP contribution in [-0.2, 0) is 0 Å². The first kappa shape index (κ1) is 15.4. The second kappa shape index (κ2) is 6.04. The lowest BCUT2D eigenvalue weighted by Gasteiger charge is -2.49. The maximum atomic E-state index is 12.7. The fourth-order valence-electron chi connectivity index (χ4n) is 3.93. The van der Waals surface area contributed by atoms with Crippen molar-refractivity contribution in [3.63, 3.8) is 0 Å². The number of hydrogen-bond acceptors (Lipinski definition) is 4. The van der Waals surface area contributed by atoms with Gasteiger partial charge in [0.15, 0.2) is 0 Å². The van der Waals surface area contributed by atoms with E-state index in [-0.39, 0.29) is 5.91 Å². The van der Waals surface area contributed by atoms with Crippen LogP contribution in [0.25, 0.3) is 9.75 Å². The SMILES string of the molecule is Cc1ccc(-c2ccc(C(=O)N[C@@H]3C4CCN(CC4)[C@@H]3C)s2)s1. The molecule has 5 rings (SSSR count). The molecule has 2 aromatic rings. The molecule has 3 nitrogen and oxygen atoms in total. The van der Waals surface area contributed by atoms with Crippen molar-refractivity contribution in [1.29, 1.82) is 0 Å². The van der Waals surface area contributed by atoms with Crippen molar-refractivity contribution in [3.8, 4) is 9.75 Å². The minimum Gasteiger partial charge on any atom is -0.347 e. The Balaban J connectivity index is 1.48. The van der Waals surface area contributed by atoms with E-state index < -0.39 is 0 Å². The van der Waals surface area contributed by atoms with E-state index >= 15 is 0 Å². The summed E-state index contributed by atoms with van der Waals surface area (Å²) in [6, 6.07) is 9.09. The topological polar surface area (TPSA) is 32.3 Å². The number of hydrogen-bond donors (Lipinski definition) is 1. The summed E-state index contributed by atoms with van der Waals surface area (Å²) in [5.41, 5.74) is 0. The number of carbonyl (C=O) groups is 1. The summed E-state index contributed by atoms with van der Waals surface area (Å²) in [7, 11) is 0. The zero-order chi connectivity index (χ0) is 16.0. The molecule has 2 atom stereocenters. The lowest BCUT2D eigenvalue weighted by Crippen LogP contribution is -2.62. The van der Waals surface area contributed by atoms with Crippen molar-refractivity contribution in [2.45, 2.75) is 38.8 Å². The quantitative estimate of drug-likeness (QED) is 0.911. The van der Waals surface area contributed by atoms with Crippen LogP contribution < -0.4 is 5.32 Å². The summed E-state index contributed by atoms with van der Waals surface area (Å²) in [5, 5.41) is 3.32. The van der Waals surface area contributed by atoms with Crippen LogP contribution in [0.5, 0.6) is 0 Å². The molecule has 0 radical (unpaired) electrons. The average Bonchev–Trinajstić information content (AvgIpc) is 3.20. The molecule has 0 saturated carbocycles. The highest BCUT2D eigenvalue weighted by Crippen LogP contribution is 2.35. The number of carbonyl (C=O) groups excluding carboxylic acids is 1. The van der Waals surface area contributed by atoms with E-state index in [0.717, 1.165) is 4.88 Å². The molecule has 5 heterocycles. The molecule has 3 aliphatic heterocycles. The van der Waals surface area contributed by atoms with Gasteiger partial charge in [-0.15, -0.1) is 22.7 Å². The van der Waals surface area contributed by atoms with E-state index in [4.69, 9.17) is 0 Å². The summed E-state index contributed by atoms with van der Waals surface area (Å²) < 4.78 is 0. The molecule has 23 heavy (non-hydrogen) atoms. The van der Waals surface area contributed by atoms with Crippen LogP contribution in [0.2, 0.25) is 0 Å². The maximum absolute atomic E-state index is 12.7. The average molecular weight is 347 g/mol. The Bertz CT molecular complexity index is 710. The summed E-state index contributed by atoms with van der Waals surface area (Å²) in [6.07, 6.45) is 2.44. The summed E-state index contributed by atoms with van der Waals surface area (Å²) >= 11 is 3.39. The molecule has 2 bridgehead atoms. The fourth-order valence-corrected chi connectivity index (χ4v) is 5.79. The summed E-state index contributed by atoms with van der Waals surface area (Å²) in [5.74, 6) is 0.749. The lowest BCUT2D eigenvalue weighted by atomic mass is 9.79. The number of thiophene rings is 2. The molecule has 3 fully saturated rings. The van der Waals surface area contributed by atoms with Gasteiger partial charge in [0.2, 0.25) is 0 Å². The van der Waals surface area contributed by atoms with Crippen molar-refractivity contribution >= 4 is 28.6 Å². The molecule has 0 aromatic carbocycles. The van der Waals surface area contributed by atoms with Crippen molar-refractivity contribution in [1.82, 2.24) is 10.2 Å². The van der Waals surface area contributed by atoms with Crippen molar-refractivity contribution < 1.29 is 4.79 Å². The number of amides is 1. The molecule has 122 valence electrons. The lowest BCUT2D eigenvalue weighted by molar-refractivity contribution is 0.0218. The Labute approximate surface area is 145 Å². The largest absolute Gasteiger partial charge is 0.347 e. The van der Waals surface area contributed by atoms with Gasteiger partial charge in [0.25, 0.3) is 5.91 Å². The molecule has 2 aromatic heterocycles. The Morgan fingerprint density at radius 1 is 1.13 bits per heavy atom. The molecule has 3 saturated heterocycles. The minimum atomic E-state index is 0.0973. The summed E-state index contributed by atoms with van der Waals surface area (Å²) in [4.78, 5) is 19.8. The van der Waals surface area contributed by atoms with Gasteiger partial charge >= 0.3 is 0 Å². The van der Waals surface area contributed by atoms with Gasteiger partial charge in [0.05, 0.1) is 4.88 Å². The normalized spacial score (nSPS) is 29.7. The monoisotopic (exact) mass is 346 g/mol. The Morgan fingerprint density at radius 2 is 1.83 bits per heavy atom. The molecular weight excluding hydrogens is 324 g/mol. The number of aryl methyl sites for hydroxylation is 1. The van der Waals surface area contributed by atoms with Gasteiger partial charge in [-0.2, -0.15) is 0 Å². The zero-order valence-electron chi connectivity index (χ0n) is 13.5. The molecule has 5 heteroatoms. The van der Waals surface area contributed by atoms with Gasteiger partial charge in [-0.05, 0) is 70.0 Å². The van der Waals surface area contributed by atoms with E-state index in [1.807, 2.05) is 6.07 Å². The van der Waals surface area contributed by atoms with Crippen LogP contribution in [0, 0.1) is 12.8 Å². The highest BCUT2D eigenvalue weighted by atomic mass is 32.1. The second-order valence-electron chi connectivity index (χ2n) is 6.69. The predicted molar refractivity (Wildman–Crippen MR) is 97.4 cm³/mol. The first-order chi connectivity index (χ1) is 11.1. The number of piperidine rings is 3. The maximum Gasteiger partial charge on any atom is 0.261 e. The fraction of sp³-hybridized carbons (Fsp3) is 0.500. The van der Waals surface area contributed by atoms with Crippen LogP contribution in [0.3, 0.4) is 0 Å².